The number of carboxylic acids is 1. The molecule has 0 bridgehead atoms. The van der Waals surface area contributed by atoms with Crippen LogP contribution in [0, 0.1) is 6.92 Å². The molecule has 2 aromatic rings. The normalized spacial score (nSPS) is 15.6. The van der Waals surface area contributed by atoms with Crippen molar-refractivity contribution in [2.24, 2.45) is 0 Å². The molecule has 0 atom stereocenters. The third kappa shape index (κ3) is 4.51. The van der Waals surface area contributed by atoms with E-state index in [1.165, 1.54) is 0 Å². The number of carboxylic acid groups (broad SMARTS) is 1. The van der Waals surface area contributed by atoms with Crippen LogP contribution in [0.1, 0.15) is 29.5 Å². The van der Waals surface area contributed by atoms with Crippen LogP contribution in [-0.4, -0.2) is 36.8 Å². The molecule has 1 fully saturated rings. The van der Waals surface area contributed by atoms with Gasteiger partial charge in [0.2, 0.25) is 5.91 Å². The minimum atomic E-state index is -1.03. The molecular weight excluding hydrogens is 358 g/mol. The molecule has 6 heteroatoms. The van der Waals surface area contributed by atoms with Gasteiger partial charge in [-0.05, 0) is 48.6 Å². The maximum absolute atomic E-state index is 13.3. The summed E-state index contributed by atoms with van der Waals surface area (Å²) in [4.78, 5) is 23.9. The fourth-order valence-electron chi connectivity index (χ4n) is 3.69. The van der Waals surface area contributed by atoms with E-state index in [1.54, 1.807) is 18.2 Å². The molecule has 1 saturated heterocycles. The number of hydrogen-bond acceptors (Lipinski definition) is 4. The largest absolute Gasteiger partial charge is 0.482 e. The predicted octanol–water partition coefficient (Wildman–Crippen LogP) is 2.82. The number of benzene rings is 2. The van der Waals surface area contributed by atoms with Gasteiger partial charge in [-0.1, -0.05) is 36.4 Å². The summed E-state index contributed by atoms with van der Waals surface area (Å²) in [5, 5.41) is 11.8. The van der Waals surface area contributed by atoms with Crippen LogP contribution in [0.3, 0.4) is 0 Å². The number of rotatable bonds is 7. The van der Waals surface area contributed by atoms with E-state index in [2.05, 4.69) is 5.32 Å². The molecule has 2 aromatic carbocycles. The molecular formula is C22H25NO5. The lowest BCUT2D eigenvalue weighted by Gasteiger charge is -2.37. The third-order valence-corrected chi connectivity index (χ3v) is 5.16. The highest BCUT2D eigenvalue weighted by atomic mass is 16.5. The van der Waals surface area contributed by atoms with Gasteiger partial charge in [-0.15, -0.1) is 0 Å². The zero-order valence-corrected chi connectivity index (χ0v) is 15.9. The Morgan fingerprint density at radius 2 is 1.89 bits per heavy atom. The van der Waals surface area contributed by atoms with Crippen molar-refractivity contribution in [3.05, 3.63) is 65.2 Å². The average Bonchev–Trinajstić information content (AvgIpc) is 2.71. The first-order valence-corrected chi connectivity index (χ1v) is 9.37. The van der Waals surface area contributed by atoms with Crippen LogP contribution in [-0.2, 0) is 26.3 Å². The van der Waals surface area contributed by atoms with Crippen molar-refractivity contribution in [3.63, 3.8) is 0 Å². The summed E-state index contributed by atoms with van der Waals surface area (Å²) in [6, 6.07) is 15.1. The van der Waals surface area contributed by atoms with Crippen LogP contribution >= 0.6 is 0 Å². The number of amides is 1. The second-order valence-electron chi connectivity index (χ2n) is 7.02. The van der Waals surface area contributed by atoms with Crippen LogP contribution in [0.25, 0.3) is 0 Å². The second-order valence-corrected chi connectivity index (χ2v) is 7.02. The number of nitrogens with one attached hydrogen (secondary N) is 1. The van der Waals surface area contributed by atoms with Crippen molar-refractivity contribution in [2.45, 2.75) is 31.7 Å². The van der Waals surface area contributed by atoms with Crippen molar-refractivity contribution < 1.29 is 24.2 Å². The van der Waals surface area contributed by atoms with E-state index in [-0.39, 0.29) is 5.91 Å². The Balaban J connectivity index is 1.74. The van der Waals surface area contributed by atoms with Crippen molar-refractivity contribution in [1.29, 1.82) is 0 Å². The molecule has 2 N–H and O–H groups in total. The van der Waals surface area contributed by atoms with Crippen molar-refractivity contribution in [2.75, 3.05) is 19.8 Å². The molecule has 148 valence electrons. The Bertz CT molecular complexity index is 842. The molecule has 0 spiro atoms. The maximum atomic E-state index is 13.3. The topological polar surface area (TPSA) is 84.9 Å². The monoisotopic (exact) mass is 383 g/mol. The molecule has 0 aliphatic carbocycles. The summed E-state index contributed by atoms with van der Waals surface area (Å²) in [6.07, 6.45) is 1.29. The Hall–Kier alpha value is -2.86. The fraction of sp³-hybridized carbons (Fsp3) is 0.364. The molecule has 0 unspecified atom stereocenters. The van der Waals surface area contributed by atoms with E-state index >= 15 is 0 Å². The van der Waals surface area contributed by atoms with Crippen LogP contribution in [0.2, 0.25) is 0 Å². The number of hydrogen-bond donors (Lipinski definition) is 2. The first-order valence-electron chi connectivity index (χ1n) is 9.37. The van der Waals surface area contributed by atoms with Gasteiger partial charge in [-0.3, -0.25) is 4.79 Å². The van der Waals surface area contributed by atoms with Crippen LogP contribution < -0.4 is 10.1 Å². The van der Waals surface area contributed by atoms with Gasteiger partial charge >= 0.3 is 5.97 Å². The van der Waals surface area contributed by atoms with Crippen LogP contribution in [0.5, 0.6) is 5.75 Å². The molecule has 0 radical (unpaired) electrons. The van der Waals surface area contributed by atoms with E-state index in [9.17, 15) is 9.59 Å². The van der Waals surface area contributed by atoms with Gasteiger partial charge in [0, 0.05) is 19.8 Å². The first kappa shape index (κ1) is 19.9. The number of carbonyl (C=O) groups is 2. The summed E-state index contributed by atoms with van der Waals surface area (Å²) in [7, 11) is 0. The fourth-order valence-corrected chi connectivity index (χ4v) is 3.69. The molecule has 0 saturated carbocycles. The smallest absolute Gasteiger partial charge is 0.341 e. The Labute approximate surface area is 164 Å². The average molecular weight is 383 g/mol. The lowest BCUT2D eigenvalue weighted by atomic mass is 9.71. The highest BCUT2D eigenvalue weighted by Gasteiger charge is 2.42. The molecule has 28 heavy (non-hydrogen) atoms. The van der Waals surface area contributed by atoms with Gasteiger partial charge in [0.25, 0.3) is 0 Å². The minimum Gasteiger partial charge on any atom is -0.482 e. The molecule has 6 nitrogen and oxygen atoms in total. The highest BCUT2D eigenvalue weighted by Crippen LogP contribution is 2.37. The molecule has 1 amide bonds. The SMILES string of the molecule is Cc1ccccc1C1(C(=O)NCc2cccc(OCC(=O)O)c2)CCOCC1. The van der Waals surface area contributed by atoms with Crippen LogP contribution in [0.4, 0.5) is 0 Å². The standard InChI is InChI=1S/C22H25NO5/c1-16-5-2-3-8-19(16)22(9-11-27-12-10-22)21(26)23-14-17-6-4-7-18(13-17)28-15-20(24)25/h2-8,13H,9-12,14-15H2,1H3,(H,23,26)(H,24,25). The minimum absolute atomic E-state index is 0.0121. The Morgan fingerprint density at radius 3 is 2.61 bits per heavy atom. The van der Waals surface area contributed by atoms with Crippen molar-refractivity contribution in [1.82, 2.24) is 5.32 Å². The summed E-state index contributed by atoms with van der Waals surface area (Å²) in [5.41, 5.74) is 2.40. The zero-order chi connectivity index (χ0) is 20.0. The Morgan fingerprint density at radius 1 is 1.14 bits per heavy atom. The van der Waals surface area contributed by atoms with Gasteiger partial charge in [-0.2, -0.15) is 0 Å². The number of aryl methyl sites for hydroxylation is 1. The lowest BCUT2D eigenvalue weighted by molar-refractivity contribution is -0.139. The van der Waals surface area contributed by atoms with Gasteiger partial charge in [0.15, 0.2) is 6.61 Å². The van der Waals surface area contributed by atoms with E-state index in [1.807, 2.05) is 37.3 Å². The summed E-state index contributed by atoms with van der Waals surface area (Å²) >= 11 is 0. The number of ether oxygens (including phenoxy) is 2. The number of aliphatic carboxylic acids is 1. The zero-order valence-electron chi connectivity index (χ0n) is 15.9. The van der Waals surface area contributed by atoms with Gasteiger partial charge in [-0.25, -0.2) is 4.79 Å². The van der Waals surface area contributed by atoms with E-state index in [0.717, 1.165) is 16.7 Å². The predicted molar refractivity (Wildman–Crippen MR) is 104 cm³/mol. The third-order valence-electron chi connectivity index (χ3n) is 5.16. The molecule has 3 rings (SSSR count). The van der Waals surface area contributed by atoms with Crippen LogP contribution in [0.15, 0.2) is 48.5 Å². The van der Waals surface area contributed by atoms with Crippen molar-refractivity contribution >= 4 is 11.9 Å². The molecule has 1 aliphatic rings. The lowest BCUT2D eigenvalue weighted by Crippen LogP contribution is -2.48. The number of carbonyl (C=O) groups excluding carboxylic acids is 1. The van der Waals surface area contributed by atoms with E-state index in [0.29, 0.717) is 38.3 Å². The molecule has 1 heterocycles. The van der Waals surface area contributed by atoms with Gasteiger partial charge in [0.05, 0.1) is 5.41 Å². The molecule has 0 aromatic heterocycles. The van der Waals surface area contributed by atoms with Gasteiger partial charge in [0.1, 0.15) is 5.75 Å². The maximum Gasteiger partial charge on any atom is 0.341 e. The quantitative estimate of drug-likeness (QED) is 0.768. The summed E-state index contributed by atoms with van der Waals surface area (Å²) in [6.45, 7) is 3.09. The van der Waals surface area contributed by atoms with Crippen molar-refractivity contribution in [3.8, 4) is 5.75 Å². The first-order chi connectivity index (χ1) is 13.5. The summed E-state index contributed by atoms with van der Waals surface area (Å²) in [5.74, 6) is -0.575. The highest BCUT2D eigenvalue weighted by molar-refractivity contribution is 5.88. The Kier molecular flexibility index (Phi) is 6.31. The van der Waals surface area contributed by atoms with E-state index in [4.69, 9.17) is 14.6 Å². The van der Waals surface area contributed by atoms with Gasteiger partial charge < -0.3 is 19.9 Å². The van der Waals surface area contributed by atoms with E-state index < -0.39 is 18.0 Å². The molecule has 1 aliphatic heterocycles. The second kappa shape index (κ2) is 8.89. The summed E-state index contributed by atoms with van der Waals surface area (Å²) < 4.78 is 10.7.